The monoisotopic (exact) mass is 900 g/mol. The molecule has 0 spiro atoms. The zero-order valence-electron chi connectivity index (χ0n) is 38.8. The maximum Gasteiger partial charge on any atom is 0.135 e. The van der Waals surface area contributed by atoms with E-state index in [1.165, 1.54) is 121 Å². The highest BCUT2D eigenvalue weighted by molar-refractivity contribution is 6.24. The van der Waals surface area contributed by atoms with Crippen LogP contribution in [0.25, 0.3) is 143 Å². The van der Waals surface area contributed by atoms with E-state index in [9.17, 15) is 0 Å². The fourth-order valence-corrected chi connectivity index (χ4v) is 11.5. The van der Waals surface area contributed by atoms with Crippen molar-refractivity contribution in [1.29, 1.82) is 0 Å². The van der Waals surface area contributed by atoms with Crippen molar-refractivity contribution in [2.45, 2.75) is 0 Å². The van der Waals surface area contributed by atoms with Crippen LogP contribution in [0.4, 0.5) is 0 Å². The Bertz CT molecular complexity index is 4240. The molecule has 0 bridgehead atoms. The summed E-state index contributed by atoms with van der Waals surface area (Å²) >= 11 is 0. The fourth-order valence-electron chi connectivity index (χ4n) is 11.5. The Hall–Kier alpha value is -9.30. The second-order valence-corrected chi connectivity index (χ2v) is 18.6. The molecule has 0 atom stereocenters. The Morgan fingerprint density at radius 3 is 0.958 bits per heavy atom. The number of hydrogen-bond acceptors (Lipinski definition) is 1. The average Bonchev–Trinajstić information content (AvgIpc) is 3.89. The summed E-state index contributed by atoms with van der Waals surface area (Å²) in [6.07, 6.45) is 0. The van der Waals surface area contributed by atoms with Crippen LogP contribution in [-0.4, -0.2) is 0 Å². The molecule has 14 aromatic rings. The normalized spacial score (nSPS) is 11.7. The third kappa shape index (κ3) is 6.78. The summed E-state index contributed by atoms with van der Waals surface area (Å²) in [6.45, 7) is 0. The molecule has 1 aromatic heterocycles. The van der Waals surface area contributed by atoms with Gasteiger partial charge in [-0.05, 0) is 145 Å². The Balaban J connectivity index is 0.890. The van der Waals surface area contributed by atoms with Gasteiger partial charge in [0.15, 0.2) is 0 Å². The minimum absolute atomic E-state index is 0.873. The quantitative estimate of drug-likeness (QED) is 0.145. The van der Waals surface area contributed by atoms with E-state index >= 15 is 0 Å². The van der Waals surface area contributed by atoms with Crippen LogP contribution >= 0.6 is 0 Å². The smallest absolute Gasteiger partial charge is 0.135 e. The molecule has 330 valence electrons. The van der Waals surface area contributed by atoms with Crippen LogP contribution < -0.4 is 0 Å². The summed E-state index contributed by atoms with van der Waals surface area (Å²) in [6, 6.07) is 97.5. The lowest BCUT2D eigenvalue weighted by Crippen LogP contribution is -1.92. The lowest BCUT2D eigenvalue weighted by atomic mass is 9.84. The van der Waals surface area contributed by atoms with Crippen LogP contribution in [0.1, 0.15) is 0 Å². The van der Waals surface area contributed by atoms with Gasteiger partial charge in [-0.3, -0.25) is 0 Å². The van der Waals surface area contributed by atoms with E-state index in [1.54, 1.807) is 0 Å². The topological polar surface area (TPSA) is 13.1 Å². The van der Waals surface area contributed by atoms with Crippen LogP contribution in [-0.2, 0) is 0 Å². The first-order valence-corrected chi connectivity index (χ1v) is 24.5. The molecule has 1 nitrogen and oxygen atoms in total. The minimum atomic E-state index is 0.873. The van der Waals surface area contributed by atoms with E-state index in [2.05, 4.69) is 261 Å². The second kappa shape index (κ2) is 16.7. The van der Waals surface area contributed by atoms with E-state index in [1.807, 2.05) is 6.07 Å². The highest BCUT2D eigenvalue weighted by Crippen LogP contribution is 2.48. The number of hydrogen-bond donors (Lipinski definition) is 0. The number of benzene rings is 13. The van der Waals surface area contributed by atoms with Crippen LogP contribution in [0.5, 0.6) is 0 Å². The SMILES string of the molecule is c1ccc(-c2cc3c(-c4c5ccccc5c(-c5ccc(-c6cc7ccccc7cc6-c6ccc(-c7c8ccccc8c(-c8ccccc8)c8ccccc78)cc6)cc5)c5ccccc45)cccc3o2)cc1. The van der Waals surface area contributed by atoms with E-state index in [-0.39, 0.29) is 0 Å². The summed E-state index contributed by atoms with van der Waals surface area (Å²) in [5.41, 5.74) is 16.5. The van der Waals surface area contributed by atoms with Gasteiger partial charge in [0.1, 0.15) is 11.3 Å². The molecule has 71 heavy (non-hydrogen) atoms. The maximum absolute atomic E-state index is 6.51. The first kappa shape index (κ1) is 40.7. The fraction of sp³-hybridized carbons (Fsp3) is 0. The Labute approximate surface area is 412 Å². The van der Waals surface area contributed by atoms with Gasteiger partial charge in [-0.25, -0.2) is 0 Å². The number of rotatable bonds is 7. The molecule has 0 aliphatic carbocycles. The summed E-state index contributed by atoms with van der Waals surface area (Å²) < 4.78 is 6.51. The Kier molecular flexibility index (Phi) is 9.60. The second-order valence-electron chi connectivity index (χ2n) is 18.6. The molecule has 13 aromatic carbocycles. The van der Waals surface area contributed by atoms with Gasteiger partial charge in [0.2, 0.25) is 0 Å². The first-order valence-electron chi connectivity index (χ1n) is 24.5. The standard InChI is InChI=1S/C70H44O/c1-3-18-47(19-4-1)66-44-64-61(32-17-33-65(64)71-66)70-59-30-15-13-28-57(59)69(58-29-14-16-31-60(58)70)50-40-36-46(37-41-50)63-43-52-23-8-7-22-51(52)42-62(63)45-34-38-49(39-35-45)68-55-26-11-9-24-53(55)67(48-20-5-2-6-21-48)54-25-10-12-27-56(54)68/h1-44H. The van der Waals surface area contributed by atoms with Gasteiger partial charge in [-0.15, -0.1) is 0 Å². The zero-order valence-corrected chi connectivity index (χ0v) is 38.8. The van der Waals surface area contributed by atoms with Crippen LogP contribution in [0.3, 0.4) is 0 Å². The largest absolute Gasteiger partial charge is 0.456 e. The lowest BCUT2D eigenvalue weighted by Gasteiger charge is -2.19. The molecule has 0 unspecified atom stereocenters. The number of fused-ring (bicyclic) bond motifs is 6. The molecule has 1 heterocycles. The molecule has 14 rings (SSSR count). The Morgan fingerprint density at radius 1 is 0.197 bits per heavy atom. The maximum atomic E-state index is 6.51. The highest BCUT2D eigenvalue weighted by atomic mass is 16.3. The van der Waals surface area contributed by atoms with Crippen molar-refractivity contribution in [2.75, 3.05) is 0 Å². The van der Waals surface area contributed by atoms with E-state index in [0.717, 1.165) is 22.3 Å². The third-order valence-corrected chi connectivity index (χ3v) is 14.7. The summed E-state index contributed by atoms with van der Waals surface area (Å²) in [4.78, 5) is 0. The van der Waals surface area contributed by atoms with Crippen molar-refractivity contribution in [3.8, 4) is 78.1 Å². The zero-order chi connectivity index (χ0) is 46.8. The average molecular weight is 901 g/mol. The third-order valence-electron chi connectivity index (χ3n) is 14.7. The molecule has 0 aliphatic rings. The summed E-state index contributed by atoms with van der Waals surface area (Å²) in [5, 5.41) is 13.5. The molecule has 1 heteroatoms. The van der Waals surface area contributed by atoms with Crippen molar-refractivity contribution in [1.82, 2.24) is 0 Å². The molecular weight excluding hydrogens is 857 g/mol. The summed E-state index contributed by atoms with van der Waals surface area (Å²) in [5.74, 6) is 0.873. The predicted octanol–water partition coefficient (Wildman–Crippen LogP) is 19.9. The van der Waals surface area contributed by atoms with Crippen molar-refractivity contribution in [3.05, 3.63) is 267 Å². The molecule has 0 radical (unpaired) electrons. The molecule has 0 saturated carbocycles. The van der Waals surface area contributed by atoms with E-state index < -0.39 is 0 Å². The molecule has 0 saturated heterocycles. The van der Waals surface area contributed by atoms with Crippen molar-refractivity contribution in [3.63, 3.8) is 0 Å². The van der Waals surface area contributed by atoms with Gasteiger partial charge in [-0.1, -0.05) is 243 Å². The Morgan fingerprint density at radius 2 is 0.535 bits per heavy atom. The molecular formula is C70H44O. The van der Waals surface area contributed by atoms with Gasteiger partial charge < -0.3 is 4.42 Å². The van der Waals surface area contributed by atoms with Crippen molar-refractivity contribution >= 4 is 64.8 Å². The van der Waals surface area contributed by atoms with Crippen molar-refractivity contribution in [2.24, 2.45) is 0 Å². The molecule has 0 aliphatic heterocycles. The van der Waals surface area contributed by atoms with Crippen LogP contribution in [0.15, 0.2) is 271 Å². The van der Waals surface area contributed by atoms with Crippen LogP contribution in [0.2, 0.25) is 0 Å². The highest BCUT2D eigenvalue weighted by Gasteiger charge is 2.21. The van der Waals surface area contributed by atoms with Gasteiger partial charge >= 0.3 is 0 Å². The van der Waals surface area contributed by atoms with Gasteiger partial charge in [0.25, 0.3) is 0 Å². The predicted molar refractivity (Wildman–Crippen MR) is 302 cm³/mol. The molecule has 0 fully saturated rings. The molecule has 0 N–H and O–H groups in total. The number of furan rings is 1. The van der Waals surface area contributed by atoms with E-state index in [0.29, 0.717) is 0 Å². The lowest BCUT2D eigenvalue weighted by molar-refractivity contribution is 0.631. The minimum Gasteiger partial charge on any atom is -0.456 e. The first-order chi connectivity index (χ1) is 35.2. The van der Waals surface area contributed by atoms with Crippen LogP contribution in [0, 0.1) is 0 Å². The van der Waals surface area contributed by atoms with Crippen molar-refractivity contribution < 1.29 is 4.42 Å². The van der Waals surface area contributed by atoms with Gasteiger partial charge in [-0.2, -0.15) is 0 Å². The van der Waals surface area contributed by atoms with Gasteiger partial charge in [0, 0.05) is 10.9 Å². The molecule has 0 amide bonds. The van der Waals surface area contributed by atoms with E-state index in [4.69, 9.17) is 4.42 Å². The summed E-state index contributed by atoms with van der Waals surface area (Å²) in [7, 11) is 0. The van der Waals surface area contributed by atoms with Gasteiger partial charge in [0.05, 0.1) is 0 Å².